The van der Waals surface area contributed by atoms with Crippen molar-refractivity contribution in [1.29, 1.82) is 0 Å². The van der Waals surface area contributed by atoms with E-state index in [2.05, 4.69) is 17.2 Å². The monoisotopic (exact) mass is 263 g/mol. The van der Waals surface area contributed by atoms with Gasteiger partial charge in [-0.1, -0.05) is 13.3 Å². The van der Waals surface area contributed by atoms with E-state index in [4.69, 9.17) is 9.72 Å². The van der Waals surface area contributed by atoms with Crippen LogP contribution >= 0.6 is 0 Å². The molecular weight excluding hydrogens is 238 g/mol. The van der Waals surface area contributed by atoms with Crippen LogP contribution in [0.5, 0.6) is 0 Å². The summed E-state index contributed by atoms with van der Waals surface area (Å²) in [6, 6.07) is 0. The van der Waals surface area contributed by atoms with Crippen molar-refractivity contribution in [3.05, 3.63) is 17.1 Å². The smallest absolute Gasteiger partial charge is 0.159 e. The van der Waals surface area contributed by atoms with Crippen LogP contribution < -0.4 is 5.32 Å². The van der Waals surface area contributed by atoms with E-state index < -0.39 is 0 Å². The molecule has 0 bridgehead atoms. The summed E-state index contributed by atoms with van der Waals surface area (Å²) < 4.78 is 5.75. The summed E-state index contributed by atoms with van der Waals surface area (Å²) in [6.45, 7) is 4.84. The average Bonchev–Trinajstić information content (AvgIpc) is 2.68. The van der Waals surface area contributed by atoms with Crippen LogP contribution in [0.4, 0.5) is 5.82 Å². The second-order valence-electron chi connectivity index (χ2n) is 5.02. The molecule has 0 spiro atoms. The molecule has 1 aliphatic rings. The minimum absolute atomic E-state index is 0.0191. The van der Waals surface area contributed by atoms with E-state index in [0.29, 0.717) is 6.61 Å². The van der Waals surface area contributed by atoms with Crippen molar-refractivity contribution < 1.29 is 4.74 Å². The fourth-order valence-corrected chi connectivity index (χ4v) is 2.72. The maximum atomic E-state index is 5.75. The molecule has 106 valence electrons. The summed E-state index contributed by atoms with van der Waals surface area (Å²) in [6.07, 6.45) is 6.86. The predicted octanol–water partition coefficient (Wildman–Crippen LogP) is 3.27. The molecular formula is C15H25N3O. The zero-order valence-electron chi connectivity index (χ0n) is 12.3. The van der Waals surface area contributed by atoms with E-state index in [-0.39, 0.29) is 6.10 Å². The summed E-state index contributed by atoms with van der Waals surface area (Å²) in [7, 11) is 1.94. The van der Waals surface area contributed by atoms with Gasteiger partial charge in [0.15, 0.2) is 5.82 Å². The third-order valence-electron chi connectivity index (χ3n) is 3.71. The van der Waals surface area contributed by atoms with Crippen molar-refractivity contribution in [1.82, 2.24) is 9.97 Å². The van der Waals surface area contributed by atoms with E-state index in [9.17, 15) is 0 Å². The molecule has 1 aromatic heterocycles. The first kappa shape index (κ1) is 14.3. The predicted molar refractivity (Wildman–Crippen MR) is 77.5 cm³/mol. The zero-order valence-corrected chi connectivity index (χ0v) is 12.3. The van der Waals surface area contributed by atoms with Gasteiger partial charge in [-0.05, 0) is 39.0 Å². The molecule has 0 saturated carbocycles. The van der Waals surface area contributed by atoms with Crippen molar-refractivity contribution in [2.45, 2.75) is 58.5 Å². The number of ether oxygens (including phenoxy) is 1. The molecule has 2 rings (SSSR count). The van der Waals surface area contributed by atoms with E-state index in [0.717, 1.165) is 30.9 Å². The second-order valence-corrected chi connectivity index (χ2v) is 5.02. The van der Waals surface area contributed by atoms with Gasteiger partial charge in [0, 0.05) is 24.9 Å². The number of fused-ring (bicyclic) bond motifs is 1. The van der Waals surface area contributed by atoms with Gasteiger partial charge in [0.05, 0.1) is 0 Å². The molecule has 1 N–H and O–H groups in total. The molecule has 4 heteroatoms. The maximum Gasteiger partial charge on any atom is 0.159 e. The van der Waals surface area contributed by atoms with E-state index in [1.165, 1.54) is 30.5 Å². The van der Waals surface area contributed by atoms with Gasteiger partial charge in [-0.15, -0.1) is 0 Å². The lowest BCUT2D eigenvalue weighted by Crippen LogP contribution is -2.13. The van der Waals surface area contributed by atoms with Crippen LogP contribution in [0.15, 0.2) is 0 Å². The summed E-state index contributed by atoms with van der Waals surface area (Å²) in [4.78, 5) is 9.48. The van der Waals surface area contributed by atoms with Gasteiger partial charge in [0.1, 0.15) is 11.9 Å². The Morgan fingerprint density at radius 2 is 1.95 bits per heavy atom. The first-order valence-corrected chi connectivity index (χ1v) is 7.49. The molecule has 0 amide bonds. The van der Waals surface area contributed by atoms with Crippen LogP contribution in [-0.4, -0.2) is 23.6 Å². The van der Waals surface area contributed by atoms with Crippen LogP contribution in [0.3, 0.4) is 0 Å². The highest BCUT2D eigenvalue weighted by atomic mass is 16.5. The Kier molecular flexibility index (Phi) is 5.14. The maximum absolute atomic E-state index is 5.75. The topological polar surface area (TPSA) is 47.0 Å². The lowest BCUT2D eigenvalue weighted by atomic mass is 10.1. The molecule has 1 aromatic rings. The number of hydrogen-bond donors (Lipinski definition) is 1. The van der Waals surface area contributed by atoms with E-state index >= 15 is 0 Å². The Morgan fingerprint density at radius 1 is 1.16 bits per heavy atom. The minimum Gasteiger partial charge on any atom is -0.373 e. The van der Waals surface area contributed by atoms with Gasteiger partial charge in [-0.25, -0.2) is 9.97 Å². The van der Waals surface area contributed by atoms with Crippen LogP contribution in [0.2, 0.25) is 0 Å². The lowest BCUT2D eigenvalue weighted by molar-refractivity contribution is 0.0534. The number of aryl methyl sites for hydroxylation is 1. The lowest BCUT2D eigenvalue weighted by Gasteiger charge is -2.18. The summed E-state index contributed by atoms with van der Waals surface area (Å²) in [5, 5.41) is 3.24. The highest BCUT2D eigenvalue weighted by Crippen LogP contribution is 2.27. The zero-order chi connectivity index (χ0) is 13.7. The van der Waals surface area contributed by atoms with Crippen molar-refractivity contribution in [3.63, 3.8) is 0 Å². The largest absolute Gasteiger partial charge is 0.373 e. The van der Waals surface area contributed by atoms with Crippen LogP contribution in [-0.2, 0) is 17.6 Å². The SMILES string of the molecule is CCOC(CC)c1nc2c(c(NC)n1)CCCCC2. The third-order valence-corrected chi connectivity index (χ3v) is 3.71. The molecule has 0 aromatic carbocycles. The molecule has 19 heavy (non-hydrogen) atoms. The van der Waals surface area contributed by atoms with Gasteiger partial charge in [-0.2, -0.15) is 0 Å². The molecule has 1 unspecified atom stereocenters. The van der Waals surface area contributed by atoms with Gasteiger partial charge < -0.3 is 10.1 Å². The highest BCUT2D eigenvalue weighted by Gasteiger charge is 2.20. The van der Waals surface area contributed by atoms with Gasteiger partial charge in [-0.3, -0.25) is 0 Å². The summed E-state index contributed by atoms with van der Waals surface area (Å²) in [5.74, 6) is 1.84. The van der Waals surface area contributed by atoms with Gasteiger partial charge >= 0.3 is 0 Å². The second kappa shape index (κ2) is 6.85. The molecule has 0 fully saturated rings. The van der Waals surface area contributed by atoms with Crippen LogP contribution in [0.1, 0.15) is 62.7 Å². The van der Waals surface area contributed by atoms with Crippen LogP contribution in [0.25, 0.3) is 0 Å². The van der Waals surface area contributed by atoms with Crippen LogP contribution in [0, 0.1) is 0 Å². The summed E-state index contributed by atoms with van der Waals surface area (Å²) >= 11 is 0. The number of nitrogens with one attached hydrogen (secondary N) is 1. The standard InChI is InChI=1S/C15H25N3O/c1-4-13(19-5-2)15-17-12-10-8-6-7-9-11(12)14(16-3)18-15/h13H,4-10H2,1-3H3,(H,16,17,18). The summed E-state index contributed by atoms with van der Waals surface area (Å²) in [5.41, 5.74) is 2.54. The molecule has 4 nitrogen and oxygen atoms in total. The van der Waals surface area contributed by atoms with E-state index in [1.807, 2.05) is 14.0 Å². The normalized spacial score (nSPS) is 16.6. The van der Waals surface area contributed by atoms with Crippen molar-refractivity contribution in [2.24, 2.45) is 0 Å². The fourth-order valence-electron chi connectivity index (χ4n) is 2.72. The Bertz CT molecular complexity index is 420. The number of aromatic nitrogens is 2. The van der Waals surface area contributed by atoms with Crippen molar-refractivity contribution in [2.75, 3.05) is 19.0 Å². The molecule has 1 heterocycles. The van der Waals surface area contributed by atoms with Crippen molar-refractivity contribution in [3.8, 4) is 0 Å². The van der Waals surface area contributed by atoms with Crippen molar-refractivity contribution >= 4 is 5.82 Å². The Hall–Kier alpha value is -1.16. The third kappa shape index (κ3) is 3.24. The first-order chi connectivity index (χ1) is 9.30. The molecule has 0 saturated heterocycles. The van der Waals surface area contributed by atoms with E-state index in [1.54, 1.807) is 0 Å². The average molecular weight is 263 g/mol. The number of anilines is 1. The molecule has 0 radical (unpaired) electrons. The first-order valence-electron chi connectivity index (χ1n) is 7.49. The molecule has 1 aliphatic carbocycles. The number of rotatable bonds is 5. The van der Waals surface area contributed by atoms with Gasteiger partial charge in [0.25, 0.3) is 0 Å². The fraction of sp³-hybridized carbons (Fsp3) is 0.733. The highest BCUT2D eigenvalue weighted by molar-refractivity contribution is 5.47. The number of nitrogens with zero attached hydrogens (tertiary/aromatic N) is 2. The Balaban J connectivity index is 2.38. The quantitative estimate of drug-likeness (QED) is 0.828. The number of hydrogen-bond acceptors (Lipinski definition) is 4. The Labute approximate surface area is 116 Å². The van der Waals surface area contributed by atoms with Gasteiger partial charge in [0.2, 0.25) is 0 Å². The molecule has 1 atom stereocenters. The minimum atomic E-state index is 0.0191. The molecule has 0 aliphatic heterocycles. The Morgan fingerprint density at radius 3 is 2.63 bits per heavy atom.